The maximum Gasteiger partial charge on any atom is 0.286 e. The largest absolute Gasteiger partial charge is 0.440 e. The maximum atomic E-state index is 12.8. The van der Waals surface area contributed by atoms with Crippen molar-refractivity contribution in [2.45, 2.75) is 18.9 Å². The van der Waals surface area contributed by atoms with E-state index in [4.69, 9.17) is 4.52 Å². The molecule has 2 aromatic rings. The van der Waals surface area contributed by atoms with Gasteiger partial charge in [0.05, 0.1) is 11.7 Å². The molecular weight excluding hydrogens is 295 g/mol. The summed E-state index contributed by atoms with van der Waals surface area (Å²) in [5, 5.41) is 0. The highest BCUT2D eigenvalue weighted by molar-refractivity contribution is 7.54. The van der Waals surface area contributed by atoms with E-state index in [1.54, 1.807) is 0 Å². The van der Waals surface area contributed by atoms with E-state index in [2.05, 4.69) is 4.67 Å². The Morgan fingerprint density at radius 2 is 1.68 bits per heavy atom. The minimum absolute atomic E-state index is 0.0185. The van der Waals surface area contributed by atoms with Gasteiger partial charge in [-0.05, 0) is 37.1 Å². The van der Waals surface area contributed by atoms with Gasteiger partial charge in [0.2, 0.25) is 0 Å². The standard InChI is InChI=1S/C17H17N2O2P/c20-17-16-12-7-13-18(16)22(21-15-10-5-2-6-11-15)19(17)14-8-3-1-4-9-14/h1-6,8-11,16H,7,12-13H2/t16-,22?/m0/s1. The van der Waals surface area contributed by atoms with Gasteiger partial charge < -0.3 is 4.52 Å². The number of amides is 1. The molecule has 0 radical (unpaired) electrons. The fourth-order valence-corrected chi connectivity index (χ4v) is 5.14. The van der Waals surface area contributed by atoms with Crippen LogP contribution in [0.2, 0.25) is 0 Å². The van der Waals surface area contributed by atoms with Crippen LogP contribution < -0.4 is 9.19 Å². The normalized spacial score (nSPS) is 24.5. The summed E-state index contributed by atoms with van der Waals surface area (Å²) in [6.07, 6.45) is 2.00. The van der Waals surface area contributed by atoms with Crippen LogP contribution in [0.15, 0.2) is 60.7 Å². The van der Waals surface area contributed by atoms with E-state index in [1.807, 2.05) is 65.3 Å². The zero-order valence-electron chi connectivity index (χ0n) is 12.1. The topological polar surface area (TPSA) is 32.8 Å². The summed E-state index contributed by atoms with van der Waals surface area (Å²) in [5.41, 5.74) is 0.920. The number of hydrogen-bond acceptors (Lipinski definition) is 3. The van der Waals surface area contributed by atoms with Gasteiger partial charge in [-0.15, -0.1) is 0 Å². The molecule has 4 rings (SSSR count). The number of para-hydroxylation sites is 2. The smallest absolute Gasteiger partial charge is 0.286 e. The highest BCUT2D eigenvalue weighted by Crippen LogP contribution is 2.57. The molecule has 0 aliphatic carbocycles. The third-order valence-electron chi connectivity index (χ3n) is 4.04. The molecule has 4 nitrogen and oxygen atoms in total. The summed E-state index contributed by atoms with van der Waals surface area (Å²) in [7, 11) is -1.12. The van der Waals surface area contributed by atoms with Crippen LogP contribution in [0.5, 0.6) is 5.75 Å². The molecule has 0 saturated carbocycles. The first kappa shape index (κ1) is 13.7. The van der Waals surface area contributed by atoms with Crippen molar-refractivity contribution in [3.8, 4) is 5.75 Å². The minimum Gasteiger partial charge on any atom is -0.440 e. The summed E-state index contributed by atoms with van der Waals surface area (Å²) in [6.45, 7) is 0.929. The highest BCUT2D eigenvalue weighted by Gasteiger charge is 2.51. The Morgan fingerprint density at radius 3 is 2.41 bits per heavy atom. The zero-order chi connectivity index (χ0) is 14.9. The van der Waals surface area contributed by atoms with Crippen molar-refractivity contribution in [1.82, 2.24) is 4.67 Å². The predicted molar refractivity (Wildman–Crippen MR) is 87.6 cm³/mol. The fourth-order valence-electron chi connectivity index (χ4n) is 3.01. The predicted octanol–water partition coefficient (Wildman–Crippen LogP) is 3.80. The molecule has 1 amide bonds. The molecule has 2 aliphatic heterocycles. The quantitative estimate of drug-likeness (QED) is 0.808. The van der Waals surface area contributed by atoms with Crippen molar-refractivity contribution >= 4 is 20.0 Å². The molecule has 2 fully saturated rings. The van der Waals surface area contributed by atoms with E-state index in [0.29, 0.717) is 0 Å². The van der Waals surface area contributed by atoms with Crippen LogP contribution in [0, 0.1) is 0 Å². The number of anilines is 1. The van der Waals surface area contributed by atoms with E-state index in [0.717, 1.165) is 30.8 Å². The molecule has 0 aromatic heterocycles. The lowest BCUT2D eigenvalue weighted by molar-refractivity contribution is -0.119. The molecule has 0 bridgehead atoms. The van der Waals surface area contributed by atoms with Gasteiger partial charge in [0, 0.05) is 6.54 Å². The Labute approximate surface area is 131 Å². The summed E-state index contributed by atoms with van der Waals surface area (Å²) in [6, 6.07) is 19.6. The first-order chi connectivity index (χ1) is 10.8. The van der Waals surface area contributed by atoms with Gasteiger partial charge in [-0.3, -0.25) is 4.79 Å². The third-order valence-corrected chi connectivity index (χ3v) is 6.10. The van der Waals surface area contributed by atoms with Crippen LogP contribution in [0.3, 0.4) is 0 Å². The molecule has 2 atom stereocenters. The number of nitrogens with zero attached hydrogens (tertiary/aromatic N) is 2. The van der Waals surface area contributed by atoms with Crippen LogP contribution in [-0.2, 0) is 4.79 Å². The molecule has 2 saturated heterocycles. The number of fused-ring (bicyclic) bond motifs is 1. The van der Waals surface area contributed by atoms with Crippen molar-refractivity contribution in [2.75, 3.05) is 11.2 Å². The van der Waals surface area contributed by atoms with Crippen LogP contribution in [0.1, 0.15) is 12.8 Å². The lowest BCUT2D eigenvalue weighted by atomic mass is 10.2. The van der Waals surface area contributed by atoms with Crippen LogP contribution in [0.4, 0.5) is 5.69 Å². The first-order valence-corrected chi connectivity index (χ1v) is 8.70. The van der Waals surface area contributed by atoms with E-state index in [1.165, 1.54) is 0 Å². The Balaban J connectivity index is 1.69. The van der Waals surface area contributed by atoms with Crippen molar-refractivity contribution < 1.29 is 9.32 Å². The van der Waals surface area contributed by atoms with Gasteiger partial charge in [-0.2, -0.15) is 0 Å². The molecule has 2 aliphatic rings. The van der Waals surface area contributed by atoms with Gasteiger partial charge >= 0.3 is 0 Å². The van der Waals surface area contributed by atoms with Crippen LogP contribution in [0.25, 0.3) is 0 Å². The number of carbonyl (C=O) groups excluding carboxylic acids is 1. The van der Waals surface area contributed by atoms with Gasteiger partial charge in [0.25, 0.3) is 14.4 Å². The summed E-state index contributed by atoms with van der Waals surface area (Å²) in [5.74, 6) is 0.987. The molecule has 2 heterocycles. The van der Waals surface area contributed by atoms with Crippen molar-refractivity contribution in [3.63, 3.8) is 0 Å². The van der Waals surface area contributed by atoms with Gasteiger partial charge in [-0.25, -0.2) is 9.34 Å². The van der Waals surface area contributed by atoms with Crippen LogP contribution in [-0.4, -0.2) is 23.2 Å². The lowest BCUT2D eigenvalue weighted by Crippen LogP contribution is -2.28. The van der Waals surface area contributed by atoms with Crippen molar-refractivity contribution in [1.29, 1.82) is 0 Å². The second kappa shape index (κ2) is 5.71. The SMILES string of the molecule is O=C1[C@@H]2CCCN2P(Oc2ccccc2)N1c1ccccc1. The van der Waals surface area contributed by atoms with E-state index >= 15 is 0 Å². The van der Waals surface area contributed by atoms with E-state index in [-0.39, 0.29) is 11.9 Å². The number of benzene rings is 2. The second-order valence-corrected chi connectivity index (χ2v) is 7.07. The number of hydrogen-bond donors (Lipinski definition) is 0. The van der Waals surface area contributed by atoms with Gasteiger partial charge in [0.1, 0.15) is 5.75 Å². The number of rotatable bonds is 3. The summed E-state index contributed by atoms with van der Waals surface area (Å²) < 4.78 is 10.3. The fraction of sp³-hybridized carbons (Fsp3) is 0.235. The monoisotopic (exact) mass is 312 g/mol. The average molecular weight is 312 g/mol. The second-order valence-electron chi connectivity index (χ2n) is 5.46. The molecule has 22 heavy (non-hydrogen) atoms. The molecule has 0 N–H and O–H groups in total. The highest BCUT2D eigenvalue weighted by atomic mass is 31.2. The van der Waals surface area contributed by atoms with Crippen LogP contribution >= 0.6 is 8.45 Å². The van der Waals surface area contributed by atoms with Crippen molar-refractivity contribution in [3.05, 3.63) is 60.7 Å². The van der Waals surface area contributed by atoms with E-state index in [9.17, 15) is 4.79 Å². The Kier molecular flexibility index (Phi) is 3.57. The third kappa shape index (κ3) is 2.29. The number of carbonyl (C=O) groups is 1. The Hall–Kier alpha value is -1.90. The van der Waals surface area contributed by atoms with Crippen molar-refractivity contribution in [2.24, 2.45) is 0 Å². The molecular formula is C17H17N2O2P. The molecule has 112 valence electrons. The molecule has 0 spiro atoms. The Bertz CT molecular complexity index is 665. The summed E-state index contributed by atoms with van der Waals surface area (Å²) >= 11 is 0. The first-order valence-electron chi connectivity index (χ1n) is 7.53. The van der Waals surface area contributed by atoms with Gasteiger partial charge in [-0.1, -0.05) is 36.4 Å². The molecule has 1 unspecified atom stereocenters. The lowest BCUT2D eigenvalue weighted by Gasteiger charge is -2.27. The summed E-state index contributed by atoms with van der Waals surface area (Å²) in [4.78, 5) is 12.8. The maximum absolute atomic E-state index is 12.8. The molecule has 5 heteroatoms. The Morgan fingerprint density at radius 1 is 1.00 bits per heavy atom. The molecule has 2 aromatic carbocycles. The van der Waals surface area contributed by atoms with Gasteiger partial charge in [0.15, 0.2) is 0 Å². The minimum atomic E-state index is -1.12. The zero-order valence-corrected chi connectivity index (χ0v) is 13.0. The average Bonchev–Trinajstić information content (AvgIpc) is 3.13. The van der Waals surface area contributed by atoms with E-state index < -0.39 is 8.45 Å².